The molecule has 55 heavy (non-hydrogen) atoms. The standard InChI is InChI=1S/C42H55F2NO10/c1-26(2)13-9-10-15-37(47)54-25-42(5,6)39(48)40(49)45-20-12-11-14-31(45)41(50)55-33(18-16-28-17-19-34(51-7)35(21-28)52-8)30-22-29(43)23-36(38(30)44)53-24-32(46)27(3)4/h10,15,17,19,21-23,26-27,31,33H,9,11-14,16,18,20,24-25H2,1-8H3/b15-10-/t31-,33+/m0/s1. The van der Waals surface area contributed by atoms with Crippen LogP contribution in [0.1, 0.15) is 97.3 Å². The Hall–Kier alpha value is -4.81. The van der Waals surface area contributed by atoms with Gasteiger partial charge in [-0.25, -0.2) is 18.4 Å². The van der Waals surface area contributed by atoms with E-state index in [1.165, 1.54) is 34.1 Å². The monoisotopic (exact) mass is 771 g/mol. The van der Waals surface area contributed by atoms with E-state index in [1.54, 1.807) is 38.1 Å². The molecule has 0 saturated carbocycles. The molecule has 1 aliphatic heterocycles. The molecule has 2 atom stereocenters. The van der Waals surface area contributed by atoms with E-state index in [0.717, 1.165) is 23.5 Å². The number of halogens is 2. The molecule has 0 N–H and O–H groups in total. The molecule has 0 radical (unpaired) electrons. The molecule has 1 fully saturated rings. The molecule has 0 unspecified atom stereocenters. The summed E-state index contributed by atoms with van der Waals surface area (Å²) < 4.78 is 58.5. The minimum Gasteiger partial charge on any atom is -0.493 e. The number of methoxy groups -OCH3 is 2. The van der Waals surface area contributed by atoms with Crippen molar-refractivity contribution in [2.75, 3.05) is 34.0 Å². The van der Waals surface area contributed by atoms with Crippen LogP contribution in [0.4, 0.5) is 8.78 Å². The number of hydrogen-bond donors (Lipinski definition) is 0. The van der Waals surface area contributed by atoms with Crippen LogP contribution in [0.2, 0.25) is 0 Å². The van der Waals surface area contributed by atoms with Crippen molar-refractivity contribution in [3.8, 4) is 17.2 Å². The number of piperidine rings is 1. The largest absolute Gasteiger partial charge is 0.493 e. The van der Waals surface area contributed by atoms with Crippen LogP contribution < -0.4 is 14.2 Å². The van der Waals surface area contributed by atoms with E-state index in [1.807, 2.05) is 0 Å². The van der Waals surface area contributed by atoms with Crippen LogP contribution in [0.3, 0.4) is 0 Å². The lowest BCUT2D eigenvalue weighted by molar-refractivity contribution is -0.165. The van der Waals surface area contributed by atoms with Gasteiger partial charge in [-0.2, -0.15) is 0 Å². The van der Waals surface area contributed by atoms with Gasteiger partial charge in [-0.15, -0.1) is 0 Å². The van der Waals surface area contributed by atoms with Crippen molar-refractivity contribution in [3.63, 3.8) is 0 Å². The number of ketones is 2. The number of aryl methyl sites for hydroxylation is 1. The van der Waals surface area contributed by atoms with Gasteiger partial charge in [-0.05, 0) is 88.5 Å². The molecule has 3 rings (SSSR count). The second-order valence-electron chi connectivity index (χ2n) is 15.1. The summed E-state index contributed by atoms with van der Waals surface area (Å²) in [7, 11) is 2.97. The fourth-order valence-electron chi connectivity index (χ4n) is 5.88. The number of Topliss-reactive ketones (excluding diaryl/α,β-unsaturated/α-hetero) is 2. The van der Waals surface area contributed by atoms with Crippen molar-refractivity contribution in [1.29, 1.82) is 0 Å². The quantitative estimate of drug-likeness (QED) is 0.0766. The second-order valence-corrected chi connectivity index (χ2v) is 15.1. The molecular weight excluding hydrogens is 716 g/mol. The van der Waals surface area contributed by atoms with Crippen LogP contribution in [0, 0.1) is 28.9 Å². The first-order valence-electron chi connectivity index (χ1n) is 18.7. The molecule has 11 nitrogen and oxygen atoms in total. The van der Waals surface area contributed by atoms with Gasteiger partial charge >= 0.3 is 11.9 Å². The van der Waals surface area contributed by atoms with Gasteiger partial charge in [-0.3, -0.25) is 14.4 Å². The fraction of sp³-hybridized carbons (Fsp3) is 0.548. The average Bonchev–Trinajstić information content (AvgIpc) is 3.16. The first-order chi connectivity index (χ1) is 26.0. The van der Waals surface area contributed by atoms with Gasteiger partial charge in [-0.1, -0.05) is 39.8 Å². The number of nitrogens with zero attached hydrogens (tertiary/aromatic N) is 1. The average molecular weight is 772 g/mol. The predicted molar refractivity (Wildman–Crippen MR) is 201 cm³/mol. The third-order valence-corrected chi connectivity index (χ3v) is 9.38. The van der Waals surface area contributed by atoms with Crippen LogP contribution >= 0.6 is 0 Å². The molecule has 1 amide bonds. The molecule has 1 aliphatic rings. The number of esters is 2. The number of amides is 1. The SMILES string of the molecule is COc1ccc(CC[C@@H](OC(=O)[C@@H]2CCCCN2C(=O)C(=O)C(C)(C)COC(=O)/C=C\CCC(C)C)c2cc(F)cc(OCC(=O)C(C)C)c2F)cc1OC. The summed E-state index contributed by atoms with van der Waals surface area (Å²) in [6.07, 6.45) is 4.59. The lowest BCUT2D eigenvalue weighted by Gasteiger charge is -2.36. The zero-order chi connectivity index (χ0) is 40.9. The van der Waals surface area contributed by atoms with E-state index in [9.17, 15) is 24.0 Å². The Labute approximate surface area is 322 Å². The summed E-state index contributed by atoms with van der Waals surface area (Å²) in [6.45, 7) is 9.62. The summed E-state index contributed by atoms with van der Waals surface area (Å²) in [6, 6.07) is 5.66. The first-order valence-corrected chi connectivity index (χ1v) is 18.7. The number of benzene rings is 2. The van der Waals surface area contributed by atoms with E-state index in [2.05, 4.69) is 13.8 Å². The van der Waals surface area contributed by atoms with Crippen molar-refractivity contribution >= 4 is 29.4 Å². The molecule has 13 heteroatoms. The molecule has 2 aromatic carbocycles. The van der Waals surface area contributed by atoms with E-state index >= 15 is 8.78 Å². The molecule has 0 aliphatic carbocycles. The Balaban J connectivity index is 1.87. The lowest BCUT2D eigenvalue weighted by Crippen LogP contribution is -2.53. The van der Waals surface area contributed by atoms with E-state index < -0.39 is 71.1 Å². The molecule has 1 saturated heterocycles. The minimum atomic E-state index is -1.41. The number of carbonyl (C=O) groups excluding carboxylic acids is 5. The van der Waals surface area contributed by atoms with Crippen LogP contribution in [0.15, 0.2) is 42.5 Å². The predicted octanol–water partition coefficient (Wildman–Crippen LogP) is 7.32. The van der Waals surface area contributed by atoms with Crippen molar-refractivity contribution in [2.24, 2.45) is 17.3 Å². The van der Waals surface area contributed by atoms with Gasteiger partial charge < -0.3 is 28.6 Å². The topological polar surface area (TPSA) is 135 Å². The maximum absolute atomic E-state index is 16.1. The van der Waals surface area contributed by atoms with Gasteiger partial charge in [0.2, 0.25) is 5.78 Å². The van der Waals surface area contributed by atoms with Crippen LogP contribution in [-0.2, 0) is 39.9 Å². The summed E-state index contributed by atoms with van der Waals surface area (Å²) >= 11 is 0. The zero-order valence-electron chi connectivity index (χ0n) is 33.2. The van der Waals surface area contributed by atoms with Gasteiger partial charge in [0.25, 0.3) is 5.91 Å². The number of ether oxygens (including phenoxy) is 5. The maximum Gasteiger partial charge on any atom is 0.330 e. The van der Waals surface area contributed by atoms with Crippen molar-refractivity contribution in [2.45, 2.75) is 98.6 Å². The molecule has 302 valence electrons. The molecule has 0 bridgehead atoms. The Morgan fingerprint density at radius 3 is 2.29 bits per heavy atom. The van der Waals surface area contributed by atoms with Crippen molar-refractivity contribution in [3.05, 3.63) is 65.2 Å². The Morgan fingerprint density at radius 1 is 0.927 bits per heavy atom. The van der Waals surface area contributed by atoms with E-state index in [0.29, 0.717) is 42.2 Å². The highest BCUT2D eigenvalue weighted by Gasteiger charge is 2.42. The smallest absolute Gasteiger partial charge is 0.330 e. The van der Waals surface area contributed by atoms with Crippen LogP contribution in [0.25, 0.3) is 0 Å². The zero-order valence-corrected chi connectivity index (χ0v) is 33.2. The highest BCUT2D eigenvalue weighted by molar-refractivity contribution is 6.38. The summed E-state index contributed by atoms with van der Waals surface area (Å²) in [4.78, 5) is 66.9. The summed E-state index contributed by atoms with van der Waals surface area (Å²) in [5.41, 5.74) is -1.03. The van der Waals surface area contributed by atoms with Gasteiger partial charge in [0.1, 0.15) is 31.2 Å². The number of hydrogen-bond acceptors (Lipinski definition) is 10. The van der Waals surface area contributed by atoms with Crippen molar-refractivity contribution in [1.82, 2.24) is 4.90 Å². The Morgan fingerprint density at radius 2 is 1.64 bits per heavy atom. The van der Waals surface area contributed by atoms with Crippen LogP contribution in [-0.4, -0.2) is 74.3 Å². The Bertz CT molecular complexity index is 1700. The third-order valence-electron chi connectivity index (χ3n) is 9.38. The van der Waals surface area contributed by atoms with Gasteiger partial charge in [0, 0.05) is 30.2 Å². The molecule has 0 spiro atoms. The summed E-state index contributed by atoms with van der Waals surface area (Å²) in [5, 5.41) is 0. The molecular formula is C42H55F2NO10. The molecule has 1 heterocycles. The highest BCUT2D eigenvalue weighted by atomic mass is 19.1. The molecule has 0 aromatic heterocycles. The first kappa shape index (κ1) is 44.6. The lowest BCUT2D eigenvalue weighted by atomic mass is 9.87. The normalized spacial score (nSPS) is 15.2. The molecule has 2 aromatic rings. The highest BCUT2D eigenvalue weighted by Crippen LogP contribution is 2.35. The van der Waals surface area contributed by atoms with Gasteiger partial charge in [0.05, 0.1) is 19.6 Å². The number of carbonyl (C=O) groups is 5. The minimum absolute atomic E-state index is 0.0319. The number of allylic oxidation sites excluding steroid dienone is 1. The van der Waals surface area contributed by atoms with Crippen molar-refractivity contribution < 1.29 is 56.4 Å². The van der Waals surface area contributed by atoms with E-state index in [4.69, 9.17) is 23.7 Å². The summed E-state index contributed by atoms with van der Waals surface area (Å²) in [5.74, 6) is -5.11. The fourth-order valence-corrected chi connectivity index (χ4v) is 5.88. The Kier molecular flexibility index (Phi) is 16.8. The maximum atomic E-state index is 16.1. The van der Waals surface area contributed by atoms with Gasteiger partial charge in [0.15, 0.2) is 28.8 Å². The number of likely N-dealkylation sites (tertiary alicyclic amines) is 1. The number of rotatable bonds is 20. The third kappa shape index (κ3) is 12.9. The van der Waals surface area contributed by atoms with Crippen LogP contribution in [0.5, 0.6) is 17.2 Å². The second kappa shape index (κ2) is 20.8. The van der Waals surface area contributed by atoms with E-state index in [-0.39, 0.29) is 43.8 Å².